The number of hydrogen-bond donors (Lipinski definition) is 1. The molecule has 0 aliphatic carbocycles. The molecule has 2 N–H and O–H groups in total. The van der Waals surface area contributed by atoms with Crippen molar-refractivity contribution in [3.63, 3.8) is 0 Å². The zero-order chi connectivity index (χ0) is 12.0. The normalized spacial score (nSPS) is 11.9. The molecule has 0 saturated heterocycles. The van der Waals surface area contributed by atoms with Crippen molar-refractivity contribution in [3.05, 3.63) is 35.9 Å². The molecule has 4 nitrogen and oxygen atoms in total. The summed E-state index contributed by atoms with van der Waals surface area (Å²) < 4.78 is 4.93. The molecule has 0 saturated carbocycles. The Kier molecular flexibility index (Phi) is 4.66. The molecule has 1 atom stereocenters. The lowest BCUT2D eigenvalue weighted by Gasteiger charge is -2.09. The third-order valence-electron chi connectivity index (χ3n) is 2.17. The molecule has 1 unspecified atom stereocenters. The third-order valence-corrected chi connectivity index (χ3v) is 2.17. The number of nitrogens with two attached hydrogens (primary N) is 1. The highest BCUT2D eigenvalue weighted by Gasteiger charge is 2.21. The van der Waals surface area contributed by atoms with E-state index < -0.39 is 12.0 Å². The first-order valence-corrected chi connectivity index (χ1v) is 5.14. The summed E-state index contributed by atoms with van der Waals surface area (Å²) in [7, 11) is 0. The SMILES string of the molecule is CCC(=O)C(N)C(=O)OCc1ccccc1. The maximum atomic E-state index is 11.3. The molecule has 0 amide bonds. The summed E-state index contributed by atoms with van der Waals surface area (Å²) in [6.07, 6.45) is 0.238. The van der Waals surface area contributed by atoms with Gasteiger partial charge in [-0.05, 0) is 5.56 Å². The number of benzene rings is 1. The van der Waals surface area contributed by atoms with Gasteiger partial charge in [0.05, 0.1) is 0 Å². The monoisotopic (exact) mass is 221 g/mol. The average Bonchev–Trinajstić information content (AvgIpc) is 2.35. The highest BCUT2D eigenvalue weighted by molar-refractivity contribution is 6.02. The Balaban J connectivity index is 2.44. The fourth-order valence-electron chi connectivity index (χ4n) is 1.17. The van der Waals surface area contributed by atoms with Gasteiger partial charge in [-0.1, -0.05) is 37.3 Å². The minimum absolute atomic E-state index is 0.143. The largest absolute Gasteiger partial charge is 0.459 e. The second-order valence-corrected chi connectivity index (χ2v) is 3.39. The molecular formula is C12H15NO3. The smallest absolute Gasteiger partial charge is 0.331 e. The Morgan fingerprint density at radius 2 is 1.94 bits per heavy atom. The highest BCUT2D eigenvalue weighted by atomic mass is 16.5. The van der Waals surface area contributed by atoms with Crippen LogP contribution in [-0.2, 0) is 20.9 Å². The standard InChI is InChI=1S/C12H15NO3/c1-2-10(14)11(13)12(15)16-8-9-6-4-3-5-7-9/h3-7,11H,2,8,13H2,1H3. The lowest BCUT2D eigenvalue weighted by molar-refractivity contribution is -0.149. The number of carbonyl (C=O) groups is 2. The summed E-state index contributed by atoms with van der Waals surface area (Å²) in [6.45, 7) is 1.80. The van der Waals surface area contributed by atoms with E-state index in [1.807, 2.05) is 30.3 Å². The topological polar surface area (TPSA) is 69.4 Å². The maximum Gasteiger partial charge on any atom is 0.331 e. The van der Waals surface area contributed by atoms with Crippen LogP contribution < -0.4 is 5.73 Å². The van der Waals surface area contributed by atoms with Gasteiger partial charge in [-0.2, -0.15) is 0 Å². The lowest BCUT2D eigenvalue weighted by Crippen LogP contribution is -2.39. The molecule has 0 aliphatic heterocycles. The predicted octanol–water partition coefficient (Wildman–Crippen LogP) is 1.04. The Morgan fingerprint density at radius 3 is 2.50 bits per heavy atom. The third kappa shape index (κ3) is 3.47. The Hall–Kier alpha value is -1.68. The van der Waals surface area contributed by atoms with E-state index in [1.54, 1.807) is 6.92 Å². The van der Waals surface area contributed by atoms with Gasteiger partial charge in [0, 0.05) is 6.42 Å². The second-order valence-electron chi connectivity index (χ2n) is 3.39. The molecule has 0 aromatic heterocycles. The van der Waals surface area contributed by atoms with Crippen molar-refractivity contribution in [2.75, 3.05) is 0 Å². The molecule has 0 aliphatic rings. The van der Waals surface area contributed by atoms with Crippen molar-refractivity contribution in [2.24, 2.45) is 5.73 Å². The molecule has 4 heteroatoms. The number of hydrogen-bond acceptors (Lipinski definition) is 4. The van der Waals surface area contributed by atoms with Crippen molar-refractivity contribution < 1.29 is 14.3 Å². The van der Waals surface area contributed by atoms with Crippen LogP contribution in [0.5, 0.6) is 0 Å². The van der Waals surface area contributed by atoms with Gasteiger partial charge in [0.25, 0.3) is 0 Å². The molecule has 16 heavy (non-hydrogen) atoms. The van der Waals surface area contributed by atoms with Crippen LogP contribution in [0.3, 0.4) is 0 Å². The Labute approximate surface area is 94.4 Å². The van der Waals surface area contributed by atoms with E-state index in [1.165, 1.54) is 0 Å². The number of carbonyl (C=O) groups excluding carboxylic acids is 2. The Morgan fingerprint density at radius 1 is 1.31 bits per heavy atom. The second kappa shape index (κ2) is 6.02. The average molecular weight is 221 g/mol. The highest BCUT2D eigenvalue weighted by Crippen LogP contribution is 2.02. The van der Waals surface area contributed by atoms with E-state index in [0.717, 1.165) is 5.56 Å². The van der Waals surface area contributed by atoms with Gasteiger partial charge in [-0.15, -0.1) is 0 Å². The molecule has 86 valence electrons. The van der Waals surface area contributed by atoms with E-state index in [-0.39, 0.29) is 18.8 Å². The number of ether oxygens (including phenoxy) is 1. The molecule has 0 heterocycles. The summed E-state index contributed by atoms with van der Waals surface area (Å²) >= 11 is 0. The lowest BCUT2D eigenvalue weighted by atomic mass is 10.1. The van der Waals surface area contributed by atoms with Crippen molar-refractivity contribution in [2.45, 2.75) is 26.0 Å². The van der Waals surface area contributed by atoms with Crippen molar-refractivity contribution in [1.82, 2.24) is 0 Å². The molecule has 0 bridgehead atoms. The summed E-state index contributed by atoms with van der Waals surface area (Å²) in [6, 6.07) is 8.08. The molecule has 1 aromatic rings. The van der Waals surface area contributed by atoms with Crippen LogP contribution in [0.1, 0.15) is 18.9 Å². The zero-order valence-corrected chi connectivity index (χ0v) is 9.18. The number of ketones is 1. The summed E-state index contributed by atoms with van der Waals surface area (Å²) in [5, 5.41) is 0. The molecule has 1 rings (SSSR count). The van der Waals surface area contributed by atoms with Crippen LogP contribution in [-0.4, -0.2) is 17.8 Å². The van der Waals surface area contributed by atoms with Crippen LogP contribution in [0.4, 0.5) is 0 Å². The van der Waals surface area contributed by atoms with Gasteiger partial charge in [0.15, 0.2) is 11.8 Å². The van der Waals surface area contributed by atoms with Crippen molar-refractivity contribution >= 4 is 11.8 Å². The van der Waals surface area contributed by atoms with Gasteiger partial charge < -0.3 is 10.5 Å². The van der Waals surface area contributed by atoms with Crippen LogP contribution in [0.25, 0.3) is 0 Å². The van der Waals surface area contributed by atoms with Gasteiger partial charge >= 0.3 is 5.97 Å². The van der Waals surface area contributed by atoms with E-state index in [2.05, 4.69) is 0 Å². The fraction of sp³-hybridized carbons (Fsp3) is 0.333. The van der Waals surface area contributed by atoms with Gasteiger partial charge in [-0.3, -0.25) is 4.79 Å². The fourth-order valence-corrected chi connectivity index (χ4v) is 1.17. The first-order chi connectivity index (χ1) is 7.65. The van der Waals surface area contributed by atoms with Crippen LogP contribution in [0.2, 0.25) is 0 Å². The number of esters is 1. The molecular weight excluding hydrogens is 206 g/mol. The summed E-state index contributed by atoms with van der Waals surface area (Å²) in [4.78, 5) is 22.5. The van der Waals surface area contributed by atoms with Gasteiger partial charge in [0.1, 0.15) is 6.61 Å². The molecule has 0 radical (unpaired) electrons. The van der Waals surface area contributed by atoms with E-state index in [4.69, 9.17) is 10.5 Å². The minimum atomic E-state index is -1.16. The van der Waals surface area contributed by atoms with Crippen LogP contribution in [0.15, 0.2) is 30.3 Å². The van der Waals surface area contributed by atoms with Crippen LogP contribution >= 0.6 is 0 Å². The van der Waals surface area contributed by atoms with Gasteiger partial charge in [-0.25, -0.2) is 4.79 Å². The van der Waals surface area contributed by atoms with Gasteiger partial charge in [0.2, 0.25) is 0 Å². The maximum absolute atomic E-state index is 11.3. The first-order valence-electron chi connectivity index (χ1n) is 5.14. The van der Waals surface area contributed by atoms with Crippen molar-refractivity contribution in [3.8, 4) is 0 Å². The Bertz CT molecular complexity index is 362. The van der Waals surface area contributed by atoms with Crippen LogP contribution in [0, 0.1) is 0 Å². The zero-order valence-electron chi connectivity index (χ0n) is 9.18. The number of rotatable bonds is 5. The predicted molar refractivity (Wildman–Crippen MR) is 59.5 cm³/mol. The number of Topliss-reactive ketones (excluding diaryl/α,β-unsaturated/α-hetero) is 1. The van der Waals surface area contributed by atoms with Crippen molar-refractivity contribution in [1.29, 1.82) is 0 Å². The summed E-state index contributed by atoms with van der Waals surface area (Å²) in [5.41, 5.74) is 6.28. The molecule has 1 aromatic carbocycles. The van der Waals surface area contributed by atoms with E-state index in [0.29, 0.717) is 0 Å². The quantitative estimate of drug-likeness (QED) is 0.595. The van der Waals surface area contributed by atoms with E-state index in [9.17, 15) is 9.59 Å². The molecule has 0 spiro atoms. The molecule has 0 fully saturated rings. The summed E-state index contributed by atoms with van der Waals surface area (Å²) in [5.74, 6) is -0.978. The van der Waals surface area contributed by atoms with E-state index >= 15 is 0 Å². The minimum Gasteiger partial charge on any atom is -0.459 e. The first kappa shape index (κ1) is 12.4.